The fraction of sp³-hybridized carbons (Fsp3) is 0.364. The molecule has 3 rings (SSSR count). The summed E-state index contributed by atoms with van der Waals surface area (Å²) in [7, 11) is -3.82. The van der Waals surface area contributed by atoms with Gasteiger partial charge in [0, 0.05) is 18.8 Å². The van der Waals surface area contributed by atoms with Crippen molar-refractivity contribution < 1.29 is 22.7 Å². The number of nitrogens with zero attached hydrogens (tertiary/aromatic N) is 2. The van der Waals surface area contributed by atoms with Gasteiger partial charge in [-0.25, -0.2) is 8.42 Å². The molecule has 1 heterocycles. The molecule has 1 amide bonds. The van der Waals surface area contributed by atoms with Gasteiger partial charge in [-0.1, -0.05) is 11.6 Å². The van der Waals surface area contributed by atoms with Gasteiger partial charge in [0.2, 0.25) is 15.9 Å². The van der Waals surface area contributed by atoms with Crippen LogP contribution < -0.4 is 15.4 Å². The number of nitriles is 1. The van der Waals surface area contributed by atoms with Gasteiger partial charge in [0.1, 0.15) is 10.6 Å². The van der Waals surface area contributed by atoms with Gasteiger partial charge >= 0.3 is 0 Å². The summed E-state index contributed by atoms with van der Waals surface area (Å²) in [5.41, 5.74) is 1.22. The Morgan fingerprint density at radius 2 is 1.97 bits per heavy atom. The molecule has 2 N–H and O–H groups in total. The topological polar surface area (TPSA) is 121 Å². The van der Waals surface area contributed by atoms with E-state index in [-0.39, 0.29) is 35.7 Å². The van der Waals surface area contributed by atoms with E-state index in [2.05, 4.69) is 16.7 Å². The van der Waals surface area contributed by atoms with Gasteiger partial charge in [-0.2, -0.15) is 9.57 Å². The third-order valence-electron chi connectivity index (χ3n) is 4.71. The number of sulfonamides is 1. The van der Waals surface area contributed by atoms with E-state index in [1.807, 2.05) is 13.8 Å². The lowest BCUT2D eigenvalue weighted by Gasteiger charge is -2.26. The van der Waals surface area contributed by atoms with Crippen LogP contribution in [0.15, 0.2) is 41.3 Å². The molecule has 0 atom stereocenters. The first kappa shape index (κ1) is 24.8. The molecule has 0 spiro atoms. The van der Waals surface area contributed by atoms with Crippen molar-refractivity contribution in [2.75, 3.05) is 43.5 Å². The Balaban J connectivity index is 1.72. The summed E-state index contributed by atoms with van der Waals surface area (Å²) in [6, 6.07) is 11.3. The highest BCUT2D eigenvalue weighted by atomic mass is 35.5. The van der Waals surface area contributed by atoms with Crippen LogP contribution in [-0.2, 0) is 19.6 Å². The molecule has 176 valence electrons. The maximum Gasteiger partial charge on any atom is 0.244 e. The lowest BCUT2D eigenvalue weighted by atomic mass is 10.2. The molecule has 1 saturated heterocycles. The van der Waals surface area contributed by atoms with Crippen molar-refractivity contribution in [2.24, 2.45) is 0 Å². The zero-order chi connectivity index (χ0) is 24.0. The number of benzene rings is 2. The number of morpholine rings is 1. The van der Waals surface area contributed by atoms with Crippen LogP contribution in [0.25, 0.3) is 0 Å². The highest BCUT2D eigenvalue weighted by molar-refractivity contribution is 7.89. The third-order valence-corrected chi connectivity index (χ3v) is 7.09. The molecule has 0 aromatic heterocycles. The van der Waals surface area contributed by atoms with Gasteiger partial charge in [-0.3, -0.25) is 4.79 Å². The quantitative estimate of drug-likeness (QED) is 0.580. The highest BCUT2D eigenvalue weighted by Crippen LogP contribution is 2.29. The molecule has 11 heteroatoms. The number of halogens is 1. The molecular formula is C22H25ClN4O5S. The maximum absolute atomic E-state index is 13.0. The number of ether oxygens (including phenoxy) is 2. The number of carbonyl (C=O) groups is 1. The highest BCUT2D eigenvalue weighted by Gasteiger charge is 2.28. The molecule has 0 bridgehead atoms. The fourth-order valence-corrected chi connectivity index (χ4v) is 5.09. The van der Waals surface area contributed by atoms with E-state index in [0.29, 0.717) is 35.9 Å². The first-order chi connectivity index (χ1) is 15.7. The minimum absolute atomic E-state index is 0.0708. The van der Waals surface area contributed by atoms with Gasteiger partial charge < -0.3 is 20.1 Å². The molecule has 2 aromatic rings. The van der Waals surface area contributed by atoms with Crippen molar-refractivity contribution in [1.29, 1.82) is 5.26 Å². The van der Waals surface area contributed by atoms with Crippen molar-refractivity contribution in [3.8, 4) is 11.8 Å². The van der Waals surface area contributed by atoms with Crippen LogP contribution in [0.2, 0.25) is 5.02 Å². The Morgan fingerprint density at radius 1 is 1.24 bits per heavy atom. The summed E-state index contributed by atoms with van der Waals surface area (Å²) in [6.07, 6.45) is -0.0896. The van der Waals surface area contributed by atoms with Gasteiger partial charge in [0.15, 0.2) is 0 Å². The largest absolute Gasteiger partial charge is 0.489 e. The zero-order valence-electron chi connectivity index (χ0n) is 18.3. The lowest BCUT2D eigenvalue weighted by molar-refractivity contribution is -0.114. The average molecular weight is 493 g/mol. The second kappa shape index (κ2) is 10.9. The molecule has 33 heavy (non-hydrogen) atoms. The number of nitrogens with one attached hydrogen (secondary N) is 2. The molecule has 1 aliphatic rings. The summed E-state index contributed by atoms with van der Waals surface area (Å²) in [4.78, 5) is 12.5. The standard InChI is InChI=1S/C22H25ClN4O5S/c1-15(2)32-20-6-3-16(13-24)11-19(20)25-14-22(28)26-17-4-5-18(23)21(12-17)33(29,30)27-7-9-31-10-8-27/h3-6,11-12,15,25H,7-10,14H2,1-2H3,(H,26,28). The zero-order valence-corrected chi connectivity index (χ0v) is 19.9. The van der Waals surface area contributed by atoms with Crippen LogP contribution in [0.3, 0.4) is 0 Å². The molecule has 2 aromatic carbocycles. The summed E-state index contributed by atoms with van der Waals surface area (Å²) in [6.45, 7) is 4.72. The van der Waals surface area contributed by atoms with E-state index < -0.39 is 15.9 Å². The minimum atomic E-state index is -3.82. The smallest absolute Gasteiger partial charge is 0.244 e. The predicted octanol–water partition coefficient (Wildman–Crippen LogP) is 3.07. The Kier molecular flexibility index (Phi) is 8.15. The van der Waals surface area contributed by atoms with E-state index in [1.165, 1.54) is 22.5 Å². The molecule has 1 aliphatic heterocycles. The molecular weight excluding hydrogens is 468 g/mol. The third kappa shape index (κ3) is 6.36. The summed E-state index contributed by atoms with van der Waals surface area (Å²) in [5, 5.41) is 14.9. The number of hydrogen-bond acceptors (Lipinski definition) is 7. The van der Waals surface area contributed by atoms with E-state index in [4.69, 9.17) is 26.3 Å². The Labute approximate surface area is 198 Å². The van der Waals surface area contributed by atoms with Crippen LogP contribution in [0, 0.1) is 11.3 Å². The van der Waals surface area contributed by atoms with Gasteiger partial charge in [0.25, 0.3) is 0 Å². The minimum Gasteiger partial charge on any atom is -0.489 e. The number of carbonyl (C=O) groups excluding carboxylic acids is 1. The number of hydrogen-bond donors (Lipinski definition) is 2. The van der Waals surface area contributed by atoms with Crippen molar-refractivity contribution >= 4 is 38.9 Å². The molecule has 0 aliphatic carbocycles. The van der Waals surface area contributed by atoms with Crippen LogP contribution in [-0.4, -0.2) is 57.6 Å². The molecule has 0 radical (unpaired) electrons. The lowest BCUT2D eigenvalue weighted by Crippen LogP contribution is -2.40. The molecule has 0 saturated carbocycles. The van der Waals surface area contributed by atoms with Crippen LogP contribution in [0.5, 0.6) is 5.75 Å². The summed E-state index contributed by atoms with van der Waals surface area (Å²) < 4.78 is 38.2. The normalized spacial score (nSPS) is 14.5. The SMILES string of the molecule is CC(C)Oc1ccc(C#N)cc1NCC(=O)Nc1ccc(Cl)c(S(=O)(=O)N2CCOCC2)c1. The average Bonchev–Trinajstić information content (AvgIpc) is 2.79. The summed E-state index contributed by atoms with van der Waals surface area (Å²) in [5.74, 6) is 0.104. The van der Waals surface area contributed by atoms with Gasteiger partial charge in [-0.15, -0.1) is 0 Å². The van der Waals surface area contributed by atoms with Gasteiger partial charge in [0.05, 0.1) is 48.2 Å². The maximum atomic E-state index is 13.0. The second-order valence-corrected chi connectivity index (χ2v) is 9.87. The first-order valence-corrected chi connectivity index (χ1v) is 12.1. The van der Waals surface area contributed by atoms with Crippen LogP contribution >= 0.6 is 11.6 Å². The first-order valence-electron chi connectivity index (χ1n) is 10.3. The van der Waals surface area contributed by atoms with Crippen molar-refractivity contribution in [1.82, 2.24) is 4.31 Å². The number of rotatable bonds is 8. The van der Waals surface area contributed by atoms with Crippen LogP contribution in [0.4, 0.5) is 11.4 Å². The van der Waals surface area contributed by atoms with Gasteiger partial charge in [-0.05, 0) is 50.2 Å². The van der Waals surface area contributed by atoms with Crippen molar-refractivity contribution in [3.63, 3.8) is 0 Å². The summed E-state index contributed by atoms with van der Waals surface area (Å²) >= 11 is 6.16. The molecule has 9 nitrogen and oxygen atoms in total. The fourth-order valence-electron chi connectivity index (χ4n) is 3.18. The van der Waals surface area contributed by atoms with Crippen molar-refractivity contribution in [3.05, 3.63) is 47.0 Å². The monoisotopic (exact) mass is 492 g/mol. The number of anilines is 2. The molecule has 0 unspecified atom stereocenters. The van der Waals surface area contributed by atoms with E-state index in [0.717, 1.165) is 0 Å². The predicted molar refractivity (Wildman–Crippen MR) is 125 cm³/mol. The van der Waals surface area contributed by atoms with E-state index >= 15 is 0 Å². The Bertz CT molecular complexity index is 1160. The number of amides is 1. The van der Waals surface area contributed by atoms with Crippen molar-refractivity contribution in [2.45, 2.75) is 24.8 Å². The molecule has 1 fully saturated rings. The van der Waals surface area contributed by atoms with Crippen LogP contribution in [0.1, 0.15) is 19.4 Å². The Morgan fingerprint density at radius 3 is 2.64 bits per heavy atom. The van der Waals surface area contributed by atoms with E-state index in [9.17, 15) is 13.2 Å². The van der Waals surface area contributed by atoms with E-state index in [1.54, 1.807) is 18.2 Å². The second-order valence-electron chi connectivity index (χ2n) is 7.55. The Hall–Kier alpha value is -2.84.